The smallest absolute Gasteiger partial charge is 0.328 e. The molecule has 2 N–H and O–H groups in total. The number of alkyl halides is 2. The van der Waals surface area contributed by atoms with Crippen molar-refractivity contribution in [3.63, 3.8) is 0 Å². The zero-order valence-corrected chi connectivity index (χ0v) is 8.42. The second-order valence-electron chi connectivity index (χ2n) is 3.92. The van der Waals surface area contributed by atoms with Gasteiger partial charge in [-0.05, 0) is 18.8 Å². The molecule has 0 heterocycles. The third kappa shape index (κ3) is 3.88. The molecule has 0 aromatic carbocycles. The molecule has 14 heavy (non-hydrogen) atoms. The first-order chi connectivity index (χ1) is 6.74. The average Bonchev–Trinajstić information content (AvgIpc) is 2.41. The zero-order valence-electron chi connectivity index (χ0n) is 8.42. The van der Waals surface area contributed by atoms with Gasteiger partial charge in [-0.1, -0.05) is 25.7 Å². The number of rotatable bonds is 4. The predicted octanol–water partition coefficient (Wildman–Crippen LogP) is 2.52. The van der Waals surface area contributed by atoms with Crippen LogP contribution in [-0.2, 0) is 4.74 Å². The average molecular weight is 207 g/mol. The first-order valence-electron chi connectivity index (χ1n) is 5.37. The van der Waals surface area contributed by atoms with E-state index >= 15 is 0 Å². The normalized spacial score (nSPS) is 22.3. The van der Waals surface area contributed by atoms with Crippen LogP contribution in [0.25, 0.3) is 0 Å². The van der Waals surface area contributed by atoms with E-state index in [2.05, 4.69) is 4.74 Å². The zero-order chi connectivity index (χ0) is 10.4. The van der Waals surface area contributed by atoms with Crippen LogP contribution in [0.15, 0.2) is 0 Å². The fraction of sp³-hybridized carbons (Fsp3) is 1.00. The summed E-state index contributed by atoms with van der Waals surface area (Å²) in [6.45, 7) is -2.48. The minimum Gasteiger partial charge on any atom is -0.328 e. The monoisotopic (exact) mass is 207 g/mol. The molecule has 0 bridgehead atoms. The Balaban J connectivity index is 2.40. The molecule has 1 aliphatic carbocycles. The van der Waals surface area contributed by atoms with E-state index < -0.39 is 12.7 Å². The van der Waals surface area contributed by atoms with Gasteiger partial charge in [0.2, 0.25) is 0 Å². The summed E-state index contributed by atoms with van der Waals surface area (Å²) < 4.78 is 28.6. The fourth-order valence-electron chi connectivity index (χ4n) is 2.17. The molecule has 0 aliphatic heterocycles. The van der Waals surface area contributed by atoms with Gasteiger partial charge in [-0.15, -0.1) is 0 Å². The van der Waals surface area contributed by atoms with Crippen LogP contribution in [0.2, 0.25) is 0 Å². The van der Waals surface area contributed by atoms with Gasteiger partial charge in [0.1, 0.15) is 0 Å². The summed E-state index contributed by atoms with van der Waals surface area (Å²) in [6.07, 6.45) is 6.17. The summed E-state index contributed by atoms with van der Waals surface area (Å²) in [5.41, 5.74) is 5.44. The van der Waals surface area contributed by atoms with Gasteiger partial charge in [-0.3, -0.25) is 0 Å². The van der Waals surface area contributed by atoms with Crippen molar-refractivity contribution in [3.05, 3.63) is 0 Å². The molecule has 1 aliphatic rings. The van der Waals surface area contributed by atoms with Crippen LogP contribution in [0.5, 0.6) is 0 Å². The highest BCUT2D eigenvalue weighted by Gasteiger charge is 2.24. The maximum atomic E-state index is 12.1. The lowest BCUT2D eigenvalue weighted by molar-refractivity contribution is -0.174. The van der Waals surface area contributed by atoms with Crippen LogP contribution in [0.3, 0.4) is 0 Å². The summed E-state index contributed by atoms with van der Waals surface area (Å²) in [5.74, 6) is 0.233. The first-order valence-corrected chi connectivity index (χ1v) is 5.37. The molecule has 0 spiro atoms. The molecule has 0 saturated heterocycles. The minimum atomic E-state index is -2.69. The molecule has 0 aromatic heterocycles. The molecule has 1 atom stereocenters. The summed E-state index contributed by atoms with van der Waals surface area (Å²) in [7, 11) is 0. The first kappa shape index (κ1) is 11.9. The van der Waals surface area contributed by atoms with E-state index in [-0.39, 0.29) is 12.5 Å². The van der Waals surface area contributed by atoms with E-state index in [1.165, 1.54) is 12.8 Å². The van der Waals surface area contributed by atoms with Crippen molar-refractivity contribution in [2.75, 3.05) is 6.54 Å². The third-order valence-electron chi connectivity index (χ3n) is 2.94. The number of nitrogens with two attached hydrogens (primary N) is 1. The highest BCUT2D eigenvalue weighted by atomic mass is 19.3. The largest absolute Gasteiger partial charge is 0.345 e. The molecule has 4 heteroatoms. The molecule has 1 unspecified atom stereocenters. The number of hydrogen-bond acceptors (Lipinski definition) is 2. The molecule has 1 fully saturated rings. The van der Waals surface area contributed by atoms with E-state index in [9.17, 15) is 8.78 Å². The van der Waals surface area contributed by atoms with Gasteiger partial charge in [-0.25, -0.2) is 0 Å². The number of halogens is 2. The van der Waals surface area contributed by atoms with E-state index in [0.717, 1.165) is 25.7 Å². The van der Waals surface area contributed by atoms with Gasteiger partial charge >= 0.3 is 6.61 Å². The fourth-order valence-corrected chi connectivity index (χ4v) is 2.17. The Morgan fingerprint density at radius 3 is 2.14 bits per heavy atom. The van der Waals surface area contributed by atoms with Gasteiger partial charge in [0, 0.05) is 6.54 Å². The number of ether oxygens (including phenoxy) is 1. The Bertz CT molecular complexity index is 147. The molecular weight excluding hydrogens is 188 g/mol. The predicted molar refractivity (Wildman–Crippen MR) is 51.1 cm³/mol. The van der Waals surface area contributed by atoms with Crippen LogP contribution < -0.4 is 5.73 Å². The minimum absolute atomic E-state index is 0.203. The van der Waals surface area contributed by atoms with Crippen LogP contribution >= 0.6 is 0 Å². The number of hydrogen-bond donors (Lipinski definition) is 1. The molecule has 84 valence electrons. The molecule has 1 saturated carbocycles. The SMILES string of the molecule is NCC(OC(F)F)C1CCCCCC1. The molecular formula is C10H19F2NO. The third-order valence-corrected chi connectivity index (χ3v) is 2.94. The summed E-state index contributed by atoms with van der Waals surface area (Å²) in [5, 5.41) is 0. The van der Waals surface area contributed by atoms with Gasteiger partial charge in [-0.2, -0.15) is 8.78 Å². The molecule has 0 aromatic rings. The Hall–Kier alpha value is -0.220. The summed E-state index contributed by atoms with van der Waals surface area (Å²) in [4.78, 5) is 0. The highest BCUT2D eigenvalue weighted by Crippen LogP contribution is 2.27. The highest BCUT2D eigenvalue weighted by molar-refractivity contribution is 4.74. The standard InChI is InChI=1S/C10H19F2NO/c11-10(12)14-9(7-13)8-5-3-1-2-4-6-8/h8-10H,1-7,13H2. The molecule has 0 amide bonds. The maximum Gasteiger partial charge on any atom is 0.345 e. The maximum absolute atomic E-state index is 12.1. The van der Waals surface area contributed by atoms with E-state index in [0.29, 0.717) is 0 Å². The van der Waals surface area contributed by atoms with Crippen molar-refractivity contribution < 1.29 is 13.5 Å². The van der Waals surface area contributed by atoms with E-state index in [1.54, 1.807) is 0 Å². The van der Waals surface area contributed by atoms with Gasteiger partial charge in [0.05, 0.1) is 6.10 Å². The second-order valence-corrected chi connectivity index (χ2v) is 3.92. The lowest BCUT2D eigenvalue weighted by Crippen LogP contribution is -2.33. The van der Waals surface area contributed by atoms with Gasteiger partial charge in [0.25, 0.3) is 0 Å². The molecule has 0 radical (unpaired) electrons. The van der Waals surface area contributed by atoms with Crippen molar-refractivity contribution in [1.29, 1.82) is 0 Å². The topological polar surface area (TPSA) is 35.2 Å². The Morgan fingerprint density at radius 1 is 1.14 bits per heavy atom. The van der Waals surface area contributed by atoms with Crippen LogP contribution in [0.4, 0.5) is 8.78 Å². The van der Waals surface area contributed by atoms with Crippen LogP contribution in [-0.4, -0.2) is 19.3 Å². The van der Waals surface area contributed by atoms with Gasteiger partial charge < -0.3 is 10.5 Å². The summed E-state index contributed by atoms with van der Waals surface area (Å²) in [6, 6.07) is 0. The van der Waals surface area contributed by atoms with Crippen LogP contribution in [0.1, 0.15) is 38.5 Å². The van der Waals surface area contributed by atoms with E-state index in [4.69, 9.17) is 5.73 Å². The van der Waals surface area contributed by atoms with Gasteiger partial charge in [0.15, 0.2) is 0 Å². The molecule has 2 nitrogen and oxygen atoms in total. The lowest BCUT2D eigenvalue weighted by Gasteiger charge is -2.24. The summed E-state index contributed by atoms with van der Waals surface area (Å²) >= 11 is 0. The van der Waals surface area contributed by atoms with E-state index in [1.807, 2.05) is 0 Å². The Kier molecular flexibility index (Phi) is 5.33. The molecule has 1 rings (SSSR count). The van der Waals surface area contributed by atoms with Crippen molar-refractivity contribution in [2.24, 2.45) is 11.7 Å². The van der Waals surface area contributed by atoms with Crippen LogP contribution in [0, 0.1) is 5.92 Å². The quantitative estimate of drug-likeness (QED) is 0.719. The van der Waals surface area contributed by atoms with Crippen molar-refractivity contribution in [1.82, 2.24) is 0 Å². The second kappa shape index (κ2) is 6.30. The Labute approximate surface area is 83.8 Å². The van der Waals surface area contributed by atoms with Crippen molar-refractivity contribution in [2.45, 2.75) is 51.2 Å². The Morgan fingerprint density at radius 2 is 1.71 bits per heavy atom. The van der Waals surface area contributed by atoms with Crippen molar-refractivity contribution in [3.8, 4) is 0 Å². The van der Waals surface area contributed by atoms with Crippen molar-refractivity contribution >= 4 is 0 Å². The lowest BCUT2D eigenvalue weighted by atomic mass is 9.94.